The van der Waals surface area contributed by atoms with Crippen molar-refractivity contribution < 1.29 is 19.4 Å². The van der Waals surface area contributed by atoms with Crippen molar-refractivity contribution in [1.29, 1.82) is 0 Å². The monoisotopic (exact) mass is 480 g/mol. The number of urea groups is 1. The lowest BCUT2D eigenvalue weighted by Crippen LogP contribution is -2.47. The Kier molecular flexibility index (Phi) is 9.61. The van der Waals surface area contributed by atoms with Gasteiger partial charge in [0.15, 0.2) is 5.75 Å². The number of nitrogens with one attached hydrogen (secondary N) is 3. The second-order valence-electron chi connectivity index (χ2n) is 7.05. The molecule has 0 unspecified atom stereocenters. The first kappa shape index (κ1) is 25.3. The Bertz CT molecular complexity index is 957. The molecule has 32 heavy (non-hydrogen) atoms. The lowest BCUT2D eigenvalue weighted by Gasteiger charge is -2.14. The highest BCUT2D eigenvalue weighted by Crippen LogP contribution is 2.36. The van der Waals surface area contributed by atoms with Gasteiger partial charge in [-0.3, -0.25) is 10.1 Å². The molecule has 10 heteroatoms. The van der Waals surface area contributed by atoms with E-state index < -0.39 is 17.9 Å². The first-order valence-corrected chi connectivity index (χ1v) is 10.7. The molecule has 0 spiro atoms. The van der Waals surface area contributed by atoms with Gasteiger partial charge in [-0.1, -0.05) is 60.0 Å². The fourth-order valence-corrected chi connectivity index (χ4v) is 3.10. The van der Waals surface area contributed by atoms with E-state index in [4.69, 9.17) is 33.0 Å². The summed E-state index contributed by atoms with van der Waals surface area (Å²) >= 11 is 12.5. The Morgan fingerprint density at radius 2 is 1.75 bits per heavy atom. The molecule has 8 nitrogen and oxygen atoms in total. The van der Waals surface area contributed by atoms with Gasteiger partial charge in [-0.05, 0) is 31.5 Å². The summed E-state index contributed by atoms with van der Waals surface area (Å²) in [6, 6.07) is 10.4. The summed E-state index contributed by atoms with van der Waals surface area (Å²) in [5.74, 6) is -1.24. The van der Waals surface area contributed by atoms with Gasteiger partial charge in [0.1, 0.15) is 0 Å². The fraction of sp³-hybridized carbons (Fsp3) is 0.318. The molecule has 0 saturated carbocycles. The molecule has 2 aromatic rings. The summed E-state index contributed by atoms with van der Waals surface area (Å²) < 4.78 is 5.42. The number of rotatable bonds is 8. The predicted molar refractivity (Wildman–Crippen MR) is 126 cm³/mol. The molecule has 0 aliphatic carbocycles. The quantitative estimate of drug-likeness (QED) is 0.328. The van der Waals surface area contributed by atoms with E-state index in [1.54, 1.807) is 12.1 Å². The third-order valence-electron chi connectivity index (χ3n) is 4.32. The maximum Gasteiger partial charge on any atom is 0.321 e. The second kappa shape index (κ2) is 12.2. The Morgan fingerprint density at radius 1 is 1.12 bits per heavy atom. The number of aliphatic imine (C=N–C) groups is 1. The number of ether oxygens (including phenoxy) is 1. The smallest absolute Gasteiger partial charge is 0.321 e. The number of aryl methyl sites for hydroxylation is 1. The molecule has 2 rings (SSSR count). The molecule has 0 aliphatic rings. The van der Waals surface area contributed by atoms with Crippen molar-refractivity contribution in [2.45, 2.75) is 27.3 Å². The molecular formula is C22H26Cl2N4O4. The highest BCUT2D eigenvalue weighted by molar-refractivity contribution is 6.37. The minimum Gasteiger partial charge on any atom is -0.491 e. The maximum absolute atomic E-state index is 12.3. The van der Waals surface area contributed by atoms with Gasteiger partial charge < -0.3 is 20.5 Å². The molecule has 2 amide bonds. The minimum absolute atomic E-state index is 0.0346. The minimum atomic E-state index is -1.00. The number of carbonyl (C=O) groups excluding carboxylic acids is 1. The molecule has 0 saturated heterocycles. The summed E-state index contributed by atoms with van der Waals surface area (Å²) in [4.78, 5) is 27.7. The van der Waals surface area contributed by atoms with Gasteiger partial charge in [0.25, 0.3) is 0 Å². The van der Waals surface area contributed by atoms with Gasteiger partial charge in [0.2, 0.25) is 5.96 Å². The van der Waals surface area contributed by atoms with Crippen LogP contribution in [0.2, 0.25) is 10.0 Å². The zero-order valence-electron chi connectivity index (χ0n) is 18.0. The molecule has 4 N–H and O–H groups in total. The molecule has 0 aliphatic heterocycles. The van der Waals surface area contributed by atoms with Crippen LogP contribution in [0.1, 0.15) is 25.0 Å². The number of hydrogen-bond donors (Lipinski definition) is 4. The van der Waals surface area contributed by atoms with Crippen molar-refractivity contribution in [3.63, 3.8) is 0 Å². The topological polar surface area (TPSA) is 112 Å². The number of halogens is 2. The van der Waals surface area contributed by atoms with Crippen LogP contribution in [0, 0.1) is 12.8 Å². The average Bonchev–Trinajstić information content (AvgIpc) is 2.74. The van der Waals surface area contributed by atoms with Crippen LogP contribution in [0.15, 0.2) is 41.4 Å². The van der Waals surface area contributed by atoms with E-state index in [1.165, 1.54) is 6.92 Å². The maximum atomic E-state index is 12.3. The number of amides is 2. The third kappa shape index (κ3) is 7.94. The van der Waals surface area contributed by atoms with Gasteiger partial charge in [-0.2, -0.15) is 0 Å². The first-order chi connectivity index (χ1) is 15.2. The van der Waals surface area contributed by atoms with Crippen molar-refractivity contribution in [3.05, 3.63) is 57.6 Å². The van der Waals surface area contributed by atoms with Crippen molar-refractivity contribution in [1.82, 2.24) is 16.0 Å². The predicted octanol–water partition coefficient (Wildman–Crippen LogP) is 4.50. The summed E-state index contributed by atoms with van der Waals surface area (Å²) in [6.07, 6.45) is 0. The van der Waals surface area contributed by atoms with Crippen LogP contribution in [0.5, 0.6) is 5.75 Å². The van der Waals surface area contributed by atoms with Crippen molar-refractivity contribution in [2.75, 3.05) is 13.2 Å². The molecule has 0 bridgehead atoms. The van der Waals surface area contributed by atoms with Crippen LogP contribution >= 0.6 is 23.2 Å². The Balaban J connectivity index is 2.21. The van der Waals surface area contributed by atoms with Crippen LogP contribution in [-0.4, -0.2) is 36.2 Å². The largest absolute Gasteiger partial charge is 0.491 e. The molecule has 0 aromatic heterocycles. The number of hydrogen-bond acceptors (Lipinski definition) is 4. The number of nitrogens with zero attached hydrogens (tertiary/aromatic N) is 1. The normalized spacial score (nSPS) is 12.1. The SMILES string of the molecule is CCOc1c(Cl)cc(/N=C(/NCc2ccc(C)cc2)NC(=O)NC[C@H](C)C(=O)O)cc1Cl. The van der Waals surface area contributed by atoms with E-state index in [-0.39, 0.29) is 22.5 Å². The van der Waals surface area contributed by atoms with Gasteiger partial charge in [-0.15, -0.1) is 0 Å². The number of benzene rings is 2. The highest BCUT2D eigenvalue weighted by Gasteiger charge is 2.14. The number of carbonyl (C=O) groups is 2. The van der Waals surface area contributed by atoms with Crippen LogP contribution in [0.3, 0.4) is 0 Å². The average molecular weight is 481 g/mol. The van der Waals surface area contributed by atoms with Crippen LogP contribution in [0.4, 0.5) is 10.5 Å². The molecule has 172 valence electrons. The number of carboxylic acid groups (broad SMARTS) is 1. The molecule has 0 fully saturated rings. The summed E-state index contributed by atoms with van der Waals surface area (Å²) in [5, 5.41) is 17.7. The lowest BCUT2D eigenvalue weighted by molar-refractivity contribution is -0.140. The number of carboxylic acids is 1. The zero-order chi connectivity index (χ0) is 23.7. The van der Waals surface area contributed by atoms with Gasteiger partial charge in [0, 0.05) is 13.1 Å². The Morgan fingerprint density at radius 3 is 2.31 bits per heavy atom. The van der Waals surface area contributed by atoms with E-state index in [0.29, 0.717) is 24.6 Å². The van der Waals surface area contributed by atoms with E-state index in [9.17, 15) is 9.59 Å². The lowest BCUT2D eigenvalue weighted by atomic mass is 10.1. The number of guanidine groups is 1. The Hall–Kier alpha value is -2.97. The van der Waals surface area contributed by atoms with E-state index in [1.807, 2.05) is 38.1 Å². The summed E-state index contributed by atoms with van der Waals surface area (Å²) in [5.41, 5.74) is 2.51. The molecule has 1 atom stereocenters. The van der Waals surface area contributed by atoms with Gasteiger partial charge in [-0.25, -0.2) is 9.79 Å². The standard InChI is InChI=1S/C22H26Cl2N4O4/c1-4-32-19-17(23)9-16(10-18(19)24)27-21(25-12-15-7-5-13(2)6-8-15)28-22(31)26-11-14(3)20(29)30/h5-10,14H,4,11-12H2,1-3H3,(H,29,30)(H3,25,26,27,28,31)/t14-/m0/s1. The fourth-order valence-electron chi connectivity index (χ4n) is 2.51. The van der Waals surface area contributed by atoms with Crippen molar-refractivity contribution in [3.8, 4) is 5.75 Å². The van der Waals surface area contributed by atoms with Crippen LogP contribution < -0.4 is 20.7 Å². The van der Waals surface area contributed by atoms with Crippen LogP contribution in [0.25, 0.3) is 0 Å². The molecule has 0 radical (unpaired) electrons. The summed E-state index contributed by atoms with van der Waals surface area (Å²) in [6.45, 7) is 6.07. The van der Waals surface area contributed by atoms with E-state index >= 15 is 0 Å². The second-order valence-corrected chi connectivity index (χ2v) is 7.86. The zero-order valence-corrected chi connectivity index (χ0v) is 19.5. The van der Waals surface area contributed by atoms with Gasteiger partial charge >= 0.3 is 12.0 Å². The first-order valence-electron chi connectivity index (χ1n) is 9.97. The van der Waals surface area contributed by atoms with Crippen molar-refractivity contribution in [2.24, 2.45) is 10.9 Å². The molecule has 0 heterocycles. The van der Waals surface area contributed by atoms with E-state index in [0.717, 1.165) is 11.1 Å². The van der Waals surface area contributed by atoms with E-state index in [2.05, 4.69) is 20.9 Å². The third-order valence-corrected chi connectivity index (χ3v) is 4.88. The molecule has 2 aromatic carbocycles. The Labute approximate surface area is 197 Å². The molecular weight excluding hydrogens is 455 g/mol. The summed E-state index contributed by atoms with van der Waals surface area (Å²) in [7, 11) is 0. The highest BCUT2D eigenvalue weighted by atomic mass is 35.5. The van der Waals surface area contributed by atoms with Crippen molar-refractivity contribution >= 4 is 46.8 Å². The number of aliphatic carboxylic acids is 1. The van der Waals surface area contributed by atoms with Crippen LogP contribution in [-0.2, 0) is 11.3 Å². The van der Waals surface area contributed by atoms with Gasteiger partial charge in [0.05, 0.1) is 28.3 Å².